The van der Waals surface area contributed by atoms with Gasteiger partial charge in [0.25, 0.3) is 0 Å². The lowest BCUT2D eigenvalue weighted by Crippen LogP contribution is -2.19. The molecule has 0 bridgehead atoms. The number of benzene rings is 2. The molecule has 0 unspecified atom stereocenters. The van der Waals surface area contributed by atoms with Gasteiger partial charge in [0.1, 0.15) is 0 Å². The summed E-state index contributed by atoms with van der Waals surface area (Å²) in [6, 6.07) is 11.3. The first kappa shape index (κ1) is 20.4. The summed E-state index contributed by atoms with van der Waals surface area (Å²) in [6.07, 6.45) is 3.96. The van der Waals surface area contributed by atoms with Crippen LogP contribution in [0.1, 0.15) is 75.3 Å². The van der Waals surface area contributed by atoms with Crippen LogP contribution in [0, 0.1) is 0 Å². The second-order valence-corrected chi connectivity index (χ2v) is 6.33. The predicted molar refractivity (Wildman–Crippen MR) is 102 cm³/mol. The lowest BCUT2D eigenvalue weighted by atomic mass is 9.90. The summed E-state index contributed by atoms with van der Waals surface area (Å²) in [4.78, 5) is 36.7. The van der Waals surface area contributed by atoms with E-state index in [9.17, 15) is 19.5 Å². The molecule has 142 valence electrons. The van der Waals surface area contributed by atoms with Gasteiger partial charge in [-0.2, -0.15) is 0 Å². The Hall–Kier alpha value is -2.95. The van der Waals surface area contributed by atoms with Crippen molar-refractivity contribution in [3.05, 3.63) is 70.3 Å². The zero-order valence-electron chi connectivity index (χ0n) is 15.7. The van der Waals surface area contributed by atoms with Gasteiger partial charge in [-0.15, -0.1) is 0 Å². The Kier molecular flexibility index (Phi) is 7.29. The second-order valence-electron chi connectivity index (χ2n) is 6.33. The van der Waals surface area contributed by atoms with E-state index >= 15 is 0 Å². The van der Waals surface area contributed by atoms with E-state index in [1.807, 2.05) is 6.92 Å². The number of hydrogen-bond donors (Lipinski definition) is 1. The summed E-state index contributed by atoms with van der Waals surface area (Å²) < 4.78 is 5.02. The molecule has 2 aromatic carbocycles. The maximum atomic E-state index is 12.8. The fraction of sp³-hybridized carbons (Fsp3) is 0.318. The molecule has 0 aliphatic heterocycles. The number of ether oxygens (including phenoxy) is 1. The number of unbranched alkanes of at least 4 members (excludes halogenated alkanes) is 1. The van der Waals surface area contributed by atoms with Crippen LogP contribution in [0.25, 0.3) is 0 Å². The Balaban J connectivity index is 2.45. The highest BCUT2D eigenvalue weighted by molar-refractivity contribution is 6.08. The molecule has 0 heterocycles. The van der Waals surface area contributed by atoms with Crippen molar-refractivity contribution in [2.45, 2.75) is 46.0 Å². The van der Waals surface area contributed by atoms with Gasteiger partial charge in [-0.05, 0) is 48.6 Å². The van der Waals surface area contributed by atoms with E-state index in [1.165, 1.54) is 6.07 Å². The fourth-order valence-electron chi connectivity index (χ4n) is 3.01. The molecule has 2 rings (SSSR count). The topological polar surface area (TPSA) is 80.7 Å². The van der Waals surface area contributed by atoms with E-state index in [2.05, 4.69) is 6.92 Å². The maximum Gasteiger partial charge on any atom is 0.347 e. The van der Waals surface area contributed by atoms with Gasteiger partial charge in [0.15, 0.2) is 0 Å². The molecule has 0 saturated heterocycles. The summed E-state index contributed by atoms with van der Waals surface area (Å²) in [6.45, 7) is 4.03. The van der Waals surface area contributed by atoms with Gasteiger partial charge in [0, 0.05) is 0 Å². The highest BCUT2D eigenvalue weighted by Gasteiger charge is 2.26. The van der Waals surface area contributed by atoms with E-state index in [0.717, 1.165) is 31.2 Å². The van der Waals surface area contributed by atoms with Crippen LogP contribution < -0.4 is 0 Å². The van der Waals surface area contributed by atoms with Crippen molar-refractivity contribution in [1.82, 2.24) is 0 Å². The van der Waals surface area contributed by atoms with Crippen molar-refractivity contribution in [3.63, 3.8) is 0 Å². The van der Waals surface area contributed by atoms with E-state index in [-0.39, 0.29) is 16.7 Å². The van der Waals surface area contributed by atoms with Crippen molar-refractivity contribution in [2.24, 2.45) is 0 Å². The Morgan fingerprint density at radius 2 is 1.59 bits per heavy atom. The molecule has 0 saturated carbocycles. The molecule has 0 aromatic heterocycles. The highest BCUT2D eigenvalue weighted by atomic mass is 16.6. The van der Waals surface area contributed by atoms with Crippen LogP contribution in [0.5, 0.6) is 0 Å². The van der Waals surface area contributed by atoms with Crippen molar-refractivity contribution in [3.8, 4) is 0 Å². The summed E-state index contributed by atoms with van der Waals surface area (Å²) in [5, 5.41) is 9.53. The average molecular weight is 368 g/mol. The Labute approximate surface area is 159 Å². The van der Waals surface area contributed by atoms with Crippen LogP contribution in [0.15, 0.2) is 42.5 Å². The third kappa shape index (κ3) is 5.03. The number of carboxylic acid groups (broad SMARTS) is 1. The smallest absolute Gasteiger partial charge is 0.347 e. The average Bonchev–Trinajstić information content (AvgIpc) is 2.67. The molecule has 5 nitrogen and oxygen atoms in total. The Morgan fingerprint density at radius 3 is 2.19 bits per heavy atom. The standard InChI is InChI=1S/C22H24O5/c1-3-5-10-15-13-14-18(20(23)24)19(17(15)9-4-2)22(26)27-21(25)16-11-7-6-8-12-16/h6-8,11-14H,3-5,9-10H2,1-2H3,(H,23,24). The lowest BCUT2D eigenvalue weighted by Gasteiger charge is -2.16. The van der Waals surface area contributed by atoms with Gasteiger partial charge < -0.3 is 9.84 Å². The molecular formula is C22H24O5. The van der Waals surface area contributed by atoms with Crippen molar-refractivity contribution < 1.29 is 24.2 Å². The maximum absolute atomic E-state index is 12.8. The summed E-state index contributed by atoms with van der Waals surface area (Å²) in [5.41, 5.74) is 1.69. The molecule has 2 aromatic rings. The molecule has 5 heteroatoms. The zero-order chi connectivity index (χ0) is 19.8. The summed E-state index contributed by atoms with van der Waals surface area (Å²) in [7, 11) is 0. The minimum atomic E-state index is -1.21. The quantitative estimate of drug-likeness (QED) is 0.541. The Bertz CT molecular complexity index is 824. The van der Waals surface area contributed by atoms with Crippen LogP contribution in [-0.4, -0.2) is 23.0 Å². The summed E-state index contributed by atoms with van der Waals surface area (Å²) >= 11 is 0. The fourth-order valence-corrected chi connectivity index (χ4v) is 3.01. The van der Waals surface area contributed by atoms with Crippen molar-refractivity contribution >= 4 is 17.9 Å². The lowest BCUT2D eigenvalue weighted by molar-refractivity contribution is 0.0391. The molecule has 0 aliphatic carbocycles. The number of hydrogen-bond acceptors (Lipinski definition) is 4. The molecule has 1 N–H and O–H groups in total. The zero-order valence-corrected chi connectivity index (χ0v) is 15.7. The minimum absolute atomic E-state index is 0.0118. The van der Waals surface area contributed by atoms with Gasteiger partial charge in [-0.1, -0.05) is 51.0 Å². The first-order chi connectivity index (χ1) is 13.0. The van der Waals surface area contributed by atoms with Gasteiger partial charge >= 0.3 is 17.9 Å². The van der Waals surface area contributed by atoms with Gasteiger partial charge in [-0.25, -0.2) is 14.4 Å². The van der Waals surface area contributed by atoms with Crippen LogP contribution in [0.4, 0.5) is 0 Å². The molecule has 0 fully saturated rings. The normalized spacial score (nSPS) is 10.4. The highest BCUT2D eigenvalue weighted by Crippen LogP contribution is 2.25. The van der Waals surface area contributed by atoms with Crippen molar-refractivity contribution in [2.75, 3.05) is 0 Å². The first-order valence-corrected chi connectivity index (χ1v) is 9.19. The number of carboxylic acids is 1. The third-order valence-corrected chi connectivity index (χ3v) is 4.34. The number of esters is 2. The molecule has 0 amide bonds. The number of carbonyl (C=O) groups excluding carboxylic acids is 2. The van der Waals surface area contributed by atoms with Crippen LogP contribution in [-0.2, 0) is 17.6 Å². The summed E-state index contributed by atoms with van der Waals surface area (Å²) in [5.74, 6) is -2.92. The third-order valence-electron chi connectivity index (χ3n) is 4.34. The number of aryl methyl sites for hydroxylation is 1. The van der Waals surface area contributed by atoms with Crippen LogP contribution >= 0.6 is 0 Å². The van der Waals surface area contributed by atoms with E-state index in [4.69, 9.17) is 4.74 Å². The predicted octanol–water partition coefficient (Wildman–Crippen LogP) is 4.68. The number of carbonyl (C=O) groups is 3. The number of rotatable bonds is 8. The number of aromatic carboxylic acids is 1. The molecule has 0 atom stereocenters. The van der Waals surface area contributed by atoms with Gasteiger partial charge in [0.05, 0.1) is 16.7 Å². The molecule has 0 radical (unpaired) electrons. The largest absolute Gasteiger partial charge is 0.478 e. The minimum Gasteiger partial charge on any atom is -0.478 e. The molecule has 0 spiro atoms. The molecule has 27 heavy (non-hydrogen) atoms. The molecule has 0 aliphatic rings. The first-order valence-electron chi connectivity index (χ1n) is 9.19. The Morgan fingerprint density at radius 1 is 0.889 bits per heavy atom. The van der Waals surface area contributed by atoms with Gasteiger partial charge in [-0.3, -0.25) is 0 Å². The van der Waals surface area contributed by atoms with Crippen molar-refractivity contribution in [1.29, 1.82) is 0 Å². The van der Waals surface area contributed by atoms with E-state index < -0.39 is 17.9 Å². The van der Waals surface area contributed by atoms with Crippen LogP contribution in [0.3, 0.4) is 0 Å². The van der Waals surface area contributed by atoms with E-state index in [1.54, 1.807) is 36.4 Å². The van der Waals surface area contributed by atoms with E-state index in [0.29, 0.717) is 12.0 Å². The van der Waals surface area contributed by atoms with Crippen LogP contribution in [0.2, 0.25) is 0 Å². The monoisotopic (exact) mass is 368 g/mol. The van der Waals surface area contributed by atoms with Gasteiger partial charge in [0.2, 0.25) is 0 Å². The SMILES string of the molecule is CCCCc1ccc(C(=O)O)c(C(=O)OC(=O)c2ccccc2)c1CCC. The molecular weight excluding hydrogens is 344 g/mol. The second kappa shape index (κ2) is 9.67.